The third-order valence-electron chi connectivity index (χ3n) is 5.80. The lowest BCUT2D eigenvalue weighted by Crippen LogP contribution is -2.52. The Morgan fingerprint density at radius 2 is 1.74 bits per heavy atom. The molecule has 0 aliphatic carbocycles. The third kappa shape index (κ3) is 4.21. The number of rotatable bonds is 5. The molecule has 2 saturated heterocycles. The van der Waals surface area contributed by atoms with Crippen LogP contribution in [0.25, 0.3) is 0 Å². The quantitative estimate of drug-likeness (QED) is 0.743. The Morgan fingerprint density at radius 1 is 1.11 bits per heavy atom. The van der Waals surface area contributed by atoms with Crippen LogP contribution in [0.15, 0.2) is 30.3 Å². The van der Waals surface area contributed by atoms with Gasteiger partial charge in [0.15, 0.2) is 0 Å². The van der Waals surface area contributed by atoms with E-state index in [4.69, 9.17) is 0 Å². The maximum absolute atomic E-state index is 12.8. The second kappa shape index (κ2) is 8.21. The van der Waals surface area contributed by atoms with Crippen molar-refractivity contribution in [1.29, 1.82) is 0 Å². The molecule has 6 nitrogen and oxygen atoms in total. The van der Waals surface area contributed by atoms with Crippen LogP contribution >= 0.6 is 0 Å². The highest BCUT2D eigenvalue weighted by atomic mass is 16.2. The summed E-state index contributed by atoms with van der Waals surface area (Å²) in [6.45, 7) is 4.62. The molecule has 0 N–H and O–H groups in total. The fraction of sp³-hybridized carbons (Fsp3) is 0.571. The van der Waals surface area contributed by atoms with Gasteiger partial charge in [-0.1, -0.05) is 30.3 Å². The van der Waals surface area contributed by atoms with Crippen molar-refractivity contribution < 1.29 is 14.4 Å². The molecule has 27 heavy (non-hydrogen) atoms. The van der Waals surface area contributed by atoms with E-state index in [2.05, 4.69) is 13.8 Å². The zero-order valence-electron chi connectivity index (χ0n) is 16.4. The molecule has 2 heterocycles. The molecule has 3 atom stereocenters. The van der Waals surface area contributed by atoms with Gasteiger partial charge in [0.05, 0.1) is 25.6 Å². The van der Waals surface area contributed by atoms with Crippen LogP contribution < -0.4 is 0 Å². The SMILES string of the molecule is C[C@@H]1CCC[C@H](C)N1C(=O)CN(C)[C@@H]1CC(=O)N(Cc2ccccc2)C1=O. The molecule has 0 aromatic heterocycles. The van der Waals surface area contributed by atoms with Gasteiger partial charge in [-0.2, -0.15) is 0 Å². The molecule has 0 bridgehead atoms. The summed E-state index contributed by atoms with van der Waals surface area (Å²) in [6, 6.07) is 9.39. The molecular weight excluding hydrogens is 342 g/mol. The predicted octanol–water partition coefficient (Wildman–Crippen LogP) is 2.04. The Kier molecular flexibility index (Phi) is 5.95. The van der Waals surface area contributed by atoms with Crippen LogP contribution in [0.3, 0.4) is 0 Å². The van der Waals surface area contributed by atoms with Crippen molar-refractivity contribution in [3.63, 3.8) is 0 Å². The topological polar surface area (TPSA) is 60.9 Å². The van der Waals surface area contributed by atoms with Crippen molar-refractivity contribution >= 4 is 17.7 Å². The molecule has 2 aliphatic heterocycles. The monoisotopic (exact) mass is 371 g/mol. The van der Waals surface area contributed by atoms with E-state index < -0.39 is 6.04 Å². The molecule has 0 radical (unpaired) electrons. The summed E-state index contributed by atoms with van der Waals surface area (Å²) in [5.41, 5.74) is 0.926. The molecule has 2 fully saturated rings. The molecule has 1 aromatic rings. The number of hydrogen-bond donors (Lipinski definition) is 0. The Labute approximate surface area is 161 Å². The maximum Gasteiger partial charge on any atom is 0.247 e. The normalized spacial score (nSPS) is 26.1. The molecule has 0 spiro atoms. The number of likely N-dealkylation sites (tertiary alicyclic amines) is 2. The van der Waals surface area contributed by atoms with Gasteiger partial charge in [-0.3, -0.25) is 24.2 Å². The fourth-order valence-electron chi connectivity index (χ4n) is 4.26. The third-order valence-corrected chi connectivity index (χ3v) is 5.80. The molecule has 0 unspecified atom stereocenters. The number of nitrogens with zero attached hydrogens (tertiary/aromatic N) is 3. The first-order valence-corrected chi connectivity index (χ1v) is 9.78. The summed E-state index contributed by atoms with van der Waals surface area (Å²) < 4.78 is 0. The lowest BCUT2D eigenvalue weighted by molar-refractivity contribution is -0.141. The molecule has 146 valence electrons. The van der Waals surface area contributed by atoms with Gasteiger partial charge in [-0.25, -0.2) is 0 Å². The van der Waals surface area contributed by atoms with Gasteiger partial charge in [-0.15, -0.1) is 0 Å². The second-order valence-electron chi connectivity index (χ2n) is 7.87. The van der Waals surface area contributed by atoms with Crippen LogP contribution in [0.2, 0.25) is 0 Å². The smallest absolute Gasteiger partial charge is 0.247 e. The highest BCUT2D eigenvalue weighted by molar-refractivity contribution is 6.05. The van der Waals surface area contributed by atoms with Gasteiger partial charge < -0.3 is 4.90 Å². The number of carbonyl (C=O) groups is 3. The van der Waals surface area contributed by atoms with Crippen LogP contribution in [0.5, 0.6) is 0 Å². The van der Waals surface area contributed by atoms with Crippen molar-refractivity contribution in [2.45, 2.75) is 64.2 Å². The van der Waals surface area contributed by atoms with Crippen molar-refractivity contribution in [1.82, 2.24) is 14.7 Å². The number of likely N-dealkylation sites (N-methyl/N-ethyl adjacent to an activating group) is 1. The lowest BCUT2D eigenvalue weighted by Gasteiger charge is -2.40. The van der Waals surface area contributed by atoms with Gasteiger partial charge in [0, 0.05) is 12.1 Å². The summed E-state index contributed by atoms with van der Waals surface area (Å²) in [4.78, 5) is 43.0. The minimum atomic E-state index is -0.555. The van der Waals surface area contributed by atoms with E-state index in [0.717, 1.165) is 24.8 Å². The summed E-state index contributed by atoms with van der Waals surface area (Å²) in [5.74, 6) is -0.342. The van der Waals surface area contributed by atoms with E-state index in [-0.39, 0.29) is 49.3 Å². The molecular formula is C21H29N3O3. The van der Waals surface area contributed by atoms with Crippen molar-refractivity contribution in [2.24, 2.45) is 0 Å². The zero-order valence-corrected chi connectivity index (χ0v) is 16.4. The highest BCUT2D eigenvalue weighted by Gasteiger charge is 2.41. The molecule has 6 heteroatoms. The fourth-order valence-corrected chi connectivity index (χ4v) is 4.26. The number of carbonyl (C=O) groups excluding carboxylic acids is 3. The Balaban J connectivity index is 1.63. The van der Waals surface area contributed by atoms with Gasteiger partial charge >= 0.3 is 0 Å². The molecule has 1 aromatic carbocycles. The van der Waals surface area contributed by atoms with Gasteiger partial charge in [0.1, 0.15) is 0 Å². The lowest BCUT2D eigenvalue weighted by atomic mass is 9.97. The van der Waals surface area contributed by atoms with E-state index >= 15 is 0 Å². The first kappa shape index (κ1) is 19.5. The van der Waals surface area contributed by atoms with Gasteiger partial charge in [0.2, 0.25) is 17.7 Å². The maximum atomic E-state index is 12.8. The number of piperidine rings is 1. The van der Waals surface area contributed by atoms with E-state index in [1.165, 1.54) is 4.90 Å². The molecule has 0 saturated carbocycles. The van der Waals surface area contributed by atoms with Gasteiger partial charge in [-0.05, 0) is 45.7 Å². The van der Waals surface area contributed by atoms with Crippen molar-refractivity contribution in [3.05, 3.63) is 35.9 Å². The summed E-state index contributed by atoms with van der Waals surface area (Å²) in [6.07, 6.45) is 3.32. The number of benzene rings is 1. The largest absolute Gasteiger partial charge is 0.336 e. The number of imide groups is 1. The number of hydrogen-bond acceptors (Lipinski definition) is 4. The highest BCUT2D eigenvalue weighted by Crippen LogP contribution is 2.24. The van der Waals surface area contributed by atoms with E-state index in [9.17, 15) is 14.4 Å². The van der Waals surface area contributed by atoms with Crippen LogP contribution in [-0.2, 0) is 20.9 Å². The van der Waals surface area contributed by atoms with E-state index in [1.54, 1.807) is 11.9 Å². The first-order valence-electron chi connectivity index (χ1n) is 9.78. The predicted molar refractivity (Wildman–Crippen MR) is 103 cm³/mol. The minimum Gasteiger partial charge on any atom is -0.336 e. The van der Waals surface area contributed by atoms with Gasteiger partial charge in [0.25, 0.3) is 0 Å². The average molecular weight is 371 g/mol. The van der Waals surface area contributed by atoms with Crippen LogP contribution in [0.1, 0.15) is 45.1 Å². The summed E-state index contributed by atoms with van der Waals surface area (Å²) >= 11 is 0. The van der Waals surface area contributed by atoms with Crippen LogP contribution in [0.4, 0.5) is 0 Å². The van der Waals surface area contributed by atoms with Crippen molar-refractivity contribution in [2.75, 3.05) is 13.6 Å². The minimum absolute atomic E-state index is 0.0407. The first-order chi connectivity index (χ1) is 12.9. The molecule has 3 rings (SSSR count). The van der Waals surface area contributed by atoms with Crippen LogP contribution in [-0.4, -0.2) is 64.1 Å². The van der Waals surface area contributed by atoms with E-state index in [0.29, 0.717) is 0 Å². The second-order valence-corrected chi connectivity index (χ2v) is 7.87. The standard InChI is InChI=1S/C21H29N3O3/c1-15-8-7-9-16(2)24(15)20(26)14-22(3)18-12-19(25)23(21(18)27)13-17-10-5-4-6-11-17/h4-6,10-11,15-16,18H,7-9,12-14H2,1-3H3/t15-,16+,18-/m1/s1. The Bertz CT molecular complexity index is 696. The van der Waals surface area contributed by atoms with Crippen molar-refractivity contribution in [3.8, 4) is 0 Å². The molecule has 3 amide bonds. The molecule has 2 aliphatic rings. The van der Waals surface area contributed by atoms with E-state index in [1.807, 2.05) is 35.2 Å². The van der Waals surface area contributed by atoms with Crippen LogP contribution in [0, 0.1) is 0 Å². The Morgan fingerprint density at radius 3 is 2.37 bits per heavy atom. The Hall–Kier alpha value is -2.21. The summed E-state index contributed by atoms with van der Waals surface area (Å²) in [5, 5.41) is 0. The average Bonchev–Trinajstić information content (AvgIpc) is 2.91. The summed E-state index contributed by atoms with van der Waals surface area (Å²) in [7, 11) is 1.76. The number of amides is 3. The zero-order chi connectivity index (χ0) is 19.6.